The summed E-state index contributed by atoms with van der Waals surface area (Å²) >= 11 is 0. The van der Waals surface area contributed by atoms with E-state index in [4.69, 9.17) is 0 Å². The second kappa shape index (κ2) is 10.6. The van der Waals surface area contributed by atoms with Crippen LogP contribution < -0.4 is 4.90 Å². The fourth-order valence-electron chi connectivity index (χ4n) is 7.80. The predicted octanol–water partition coefficient (Wildman–Crippen LogP) is 12.2. The lowest BCUT2D eigenvalue weighted by atomic mass is 9.82. The summed E-state index contributed by atoms with van der Waals surface area (Å²) in [6, 6.07) is 61.8. The third kappa shape index (κ3) is 4.18. The minimum Gasteiger partial charge on any atom is -0.309 e. The van der Waals surface area contributed by atoms with Crippen LogP contribution in [0.25, 0.3) is 49.7 Å². The van der Waals surface area contributed by atoms with E-state index in [1.54, 1.807) is 0 Å². The Morgan fingerprint density at radius 2 is 1.11 bits per heavy atom. The Labute approximate surface area is 275 Å². The van der Waals surface area contributed by atoms with Crippen molar-refractivity contribution in [2.75, 3.05) is 4.90 Å². The molecule has 47 heavy (non-hydrogen) atoms. The number of benzene rings is 7. The molecular formula is C45H34N2. The molecule has 0 amide bonds. The van der Waals surface area contributed by atoms with Gasteiger partial charge in [0, 0.05) is 38.7 Å². The quantitative estimate of drug-likeness (QED) is 0.190. The predicted molar refractivity (Wildman–Crippen MR) is 198 cm³/mol. The Bertz CT molecular complexity index is 2420. The highest BCUT2D eigenvalue weighted by atomic mass is 15.1. The van der Waals surface area contributed by atoms with Gasteiger partial charge >= 0.3 is 0 Å². The second-order valence-corrected chi connectivity index (χ2v) is 13.0. The third-order valence-corrected chi connectivity index (χ3v) is 9.97. The molecular weight excluding hydrogens is 569 g/mol. The minimum atomic E-state index is -0.0976. The number of hydrogen-bond donors (Lipinski definition) is 0. The number of hydrogen-bond acceptors (Lipinski definition) is 1. The van der Waals surface area contributed by atoms with Crippen molar-refractivity contribution in [1.29, 1.82) is 0 Å². The number of aromatic nitrogens is 1. The van der Waals surface area contributed by atoms with Crippen LogP contribution in [-0.4, -0.2) is 4.57 Å². The van der Waals surface area contributed by atoms with Crippen LogP contribution in [0.5, 0.6) is 0 Å². The van der Waals surface area contributed by atoms with Crippen molar-refractivity contribution in [1.82, 2.24) is 4.57 Å². The molecule has 0 aliphatic heterocycles. The van der Waals surface area contributed by atoms with Crippen molar-refractivity contribution in [2.24, 2.45) is 0 Å². The van der Waals surface area contributed by atoms with E-state index in [0.717, 1.165) is 17.1 Å². The Balaban J connectivity index is 1.42. The standard InChI is InChI=1S/C45H34N2/c1-45(2)38-25-14-12-24-35(38)44-39(45)26-16-28-41(44)47(33-21-10-5-11-22-33)42-30-37-34-23-13-15-27-40(34)46(32-19-8-4-9-20-32)43(37)29-36(42)31-17-6-3-7-18-31/h3-30H,1-2H3. The Morgan fingerprint density at radius 1 is 0.468 bits per heavy atom. The van der Waals surface area contributed by atoms with Gasteiger partial charge in [-0.05, 0) is 70.8 Å². The summed E-state index contributed by atoms with van der Waals surface area (Å²) in [6.07, 6.45) is 0. The SMILES string of the molecule is CC1(C)c2ccccc2-c2c(N(c3ccccc3)c3cc4c5ccccc5n(-c5ccccc5)c4cc3-c3ccccc3)cccc21. The molecule has 1 aromatic heterocycles. The van der Waals surface area contributed by atoms with Gasteiger partial charge in [0.2, 0.25) is 0 Å². The molecule has 1 aliphatic rings. The molecule has 1 heterocycles. The third-order valence-electron chi connectivity index (χ3n) is 9.97. The largest absolute Gasteiger partial charge is 0.309 e. The van der Waals surface area contributed by atoms with Crippen LogP contribution in [0.2, 0.25) is 0 Å². The lowest BCUT2D eigenvalue weighted by molar-refractivity contribution is 0.660. The van der Waals surface area contributed by atoms with Crippen LogP contribution in [-0.2, 0) is 5.41 Å². The number of para-hydroxylation sites is 3. The van der Waals surface area contributed by atoms with E-state index in [-0.39, 0.29) is 5.41 Å². The number of anilines is 3. The Morgan fingerprint density at radius 3 is 1.89 bits per heavy atom. The van der Waals surface area contributed by atoms with E-state index in [1.165, 1.54) is 60.9 Å². The maximum Gasteiger partial charge on any atom is 0.0548 e. The Hall–Kier alpha value is -5.86. The molecule has 0 atom stereocenters. The van der Waals surface area contributed by atoms with Crippen LogP contribution in [0.15, 0.2) is 170 Å². The molecule has 0 N–H and O–H groups in total. The van der Waals surface area contributed by atoms with Crippen molar-refractivity contribution in [3.63, 3.8) is 0 Å². The second-order valence-electron chi connectivity index (χ2n) is 13.0. The van der Waals surface area contributed by atoms with E-state index < -0.39 is 0 Å². The van der Waals surface area contributed by atoms with Gasteiger partial charge in [0.05, 0.1) is 22.4 Å². The molecule has 2 nitrogen and oxygen atoms in total. The number of rotatable bonds is 5. The number of fused-ring (bicyclic) bond motifs is 6. The first-order chi connectivity index (χ1) is 23.1. The molecule has 0 radical (unpaired) electrons. The molecule has 0 fully saturated rings. The fourth-order valence-corrected chi connectivity index (χ4v) is 7.80. The van der Waals surface area contributed by atoms with Crippen molar-refractivity contribution < 1.29 is 0 Å². The summed E-state index contributed by atoms with van der Waals surface area (Å²) < 4.78 is 2.41. The zero-order valence-corrected chi connectivity index (χ0v) is 26.6. The molecule has 0 saturated heterocycles. The van der Waals surface area contributed by atoms with Crippen LogP contribution in [0.1, 0.15) is 25.0 Å². The maximum atomic E-state index is 2.49. The van der Waals surface area contributed by atoms with Crippen LogP contribution in [0.4, 0.5) is 17.1 Å². The molecule has 7 aromatic carbocycles. The van der Waals surface area contributed by atoms with E-state index in [9.17, 15) is 0 Å². The first kappa shape index (κ1) is 27.5. The molecule has 224 valence electrons. The van der Waals surface area contributed by atoms with Gasteiger partial charge in [-0.25, -0.2) is 0 Å². The zero-order chi connectivity index (χ0) is 31.5. The molecule has 0 spiro atoms. The van der Waals surface area contributed by atoms with Gasteiger partial charge in [-0.1, -0.05) is 135 Å². The van der Waals surface area contributed by atoms with Gasteiger partial charge < -0.3 is 9.47 Å². The summed E-state index contributed by atoms with van der Waals surface area (Å²) in [5.41, 5.74) is 14.7. The summed E-state index contributed by atoms with van der Waals surface area (Å²) in [5.74, 6) is 0. The zero-order valence-electron chi connectivity index (χ0n) is 26.6. The first-order valence-corrected chi connectivity index (χ1v) is 16.4. The monoisotopic (exact) mass is 602 g/mol. The Kier molecular flexibility index (Phi) is 6.20. The van der Waals surface area contributed by atoms with Crippen LogP contribution in [0, 0.1) is 0 Å². The van der Waals surface area contributed by atoms with E-state index in [2.05, 4.69) is 193 Å². The summed E-state index contributed by atoms with van der Waals surface area (Å²) in [6.45, 7) is 4.71. The van der Waals surface area contributed by atoms with Crippen molar-refractivity contribution in [3.05, 3.63) is 181 Å². The van der Waals surface area contributed by atoms with Crippen molar-refractivity contribution in [2.45, 2.75) is 19.3 Å². The van der Waals surface area contributed by atoms with Gasteiger partial charge in [-0.2, -0.15) is 0 Å². The molecule has 2 heteroatoms. The maximum absolute atomic E-state index is 2.49. The topological polar surface area (TPSA) is 8.17 Å². The lowest BCUT2D eigenvalue weighted by Crippen LogP contribution is -2.16. The first-order valence-electron chi connectivity index (χ1n) is 16.4. The van der Waals surface area contributed by atoms with Gasteiger partial charge in [-0.15, -0.1) is 0 Å². The van der Waals surface area contributed by atoms with E-state index >= 15 is 0 Å². The highest BCUT2D eigenvalue weighted by Gasteiger charge is 2.38. The molecule has 1 aliphatic carbocycles. The van der Waals surface area contributed by atoms with Gasteiger partial charge in [-0.3, -0.25) is 0 Å². The summed E-state index contributed by atoms with van der Waals surface area (Å²) in [7, 11) is 0. The van der Waals surface area contributed by atoms with Gasteiger partial charge in [0.1, 0.15) is 0 Å². The van der Waals surface area contributed by atoms with E-state index in [0.29, 0.717) is 0 Å². The molecule has 0 bridgehead atoms. The average Bonchev–Trinajstić information content (AvgIpc) is 3.58. The smallest absolute Gasteiger partial charge is 0.0548 e. The molecule has 0 saturated carbocycles. The number of nitrogens with zero attached hydrogens (tertiary/aromatic N) is 2. The van der Waals surface area contributed by atoms with E-state index in [1.807, 2.05) is 0 Å². The van der Waals surface area contributed by atoms with Crippen molar-refractivity contribution in [3.8, 4) is 27.9 Å². The van der Waals surface area contributed by atoms with Crippen molar-refractivity contribution >= 4 is 38.9 Å². The van der Waals surface area contributed by atoms with Crippen LogP contribution >= 0.6 is 0 Å². The average molecular weight is 603 g/mol. The normalized spacial score (nSPS) is 13.1. The van der Waals surface area contributed by atoms with Gasteiger partial charge in [0.15, 0.2) is 0 Å². The summed E-state index contributed by atoms with van der Waals surface area (Å²) in [4.78, 5) is 2.49. The molecule has 9 rings (SSSR count). The molecule has 0 unspecified atom stereocenters. The van der Waals surface area contributed by atoms with Crippen LogP contribution in [0.3, 0.4) is 0 Å². The van der Waals surface area contributed by atoms with Gasteiger partial charge in [0.25, 0.3) is 0 Å². The highest BCUT2D eigenvalue weighted by Crippen LogP contribution is 2.55. The molecule has 8 aromatic rings. The fraction of sp³-hybridized carbons (Fsp3) is 0.0667. The minimum absolute atomic E-state index is 0.0976. The summed E-state index contributed by atoms with van der Waals surface area (Å²) in [5, 5.41) is 2.47. The lowest BCUT2D eigenvalue weighted by Gasteiger charge is -2.31. The highest BCUT2D eigenvalue weighted by molar-refractivity contribution is 6.13.